The first-order valence-electron chi connectivity index (χ1n) is 10.1. The van der Waals surface area contributed by atoms with Crippen molar-refractivity contribution < 1.29 is 9.59 Å². The van der Waals surface area contributed by atoms with Gasteiger partial charge in [-0.05, 0) is 48.8 Å². The van der Waals surface area contributed by atoms with Crippen molar-refractivity contribution in [2.24, 2.45) is 5.41 Å². The minimum atomic E-state index is -0.172. The number of rotatable bonds is 6. The Hall–Kier alpha value is -1.90. The standard InChI is InChI=1S/C23H31NO2/c1-6-16-12-11-13-17-20(16)22(7-2,8-3)23(9-4,10-5)21(17)24-18(25)14-15-19(24)26/h11-15,21H,6-10H2,1-5H3/t21-/m1/s1. The van der Waals surface area contributed by atoms with Gasteiger partial charge in [-0.25, -0.2) is 0 Å². The molecule has 1 heterocycles. The lowest BCUT2D eigenvalue weighted by molar-refractivity contribution is -0.145. The van der Waals surface area contributed by atoms with Crippen molar-refractivity contribution in [3.05, 3.63) is 47.0 Å². The molecule has 1 aliphatic carbocycles. The van der Waals surface area contributed by atoms with E-state index in [0.29, 0.717) is 0 Å². The smallest absolute Gasteiger partial charge is 0.254 e. The van der Waals surface area contributed by atoms with Crippen LogP contribution >= 0.6 is 0 Å². The van der Waals surface area contributed by atoms with Crippen LogP contribution in [0.1, 0.15) is 83.0 Å². The van der Waals surface area contributed by atoms with E-state index in [-0.39, 0.29) is 28.7 Å². The zero-order valence-electron chi connectivity index (χ0n) is 16.8. The second-order valence-electron chi connectivity index (χ2n) is 7.67. The number of hydrogen-bond donors (Lipinski definition) is 0. The quantitative estimate of drug-likeness (QED) is 0.668. The molecule has 2 amide bonds. The maximum atomic E-state index is 12.7. The summed E-state index contributed by atoms with van der Waals surface area (Å²) >= 11 is 0. The van der Waals surface area contributed by atoms with Crippen molar-refractivity contribution in [3.8, 4) is 0 Å². The average molecular weight is 354 g/mol. The number of hydrogen-bond acceptors (Lipinski definition) is 2. The van der Waals surface area contributed by atoms with Gasteiger partial charge < -0.3 is 0 Å². The van der Waals surface area contributed by atoms with Crippen molar-refractivity contribution in [2.75, 3.05) is 0 Å². The van der Waals surface area contributed by atoms with Gasteiger partial charge in [-0.3, -0.25) is 14.5 Å². The van der Waals surface area contributed by atoms with Gasteiger partial charge in [0.15, 0.2) is 0 Å². The molecule has 0 bridgehead atoms. The van der Waals surface area contributed by atoms with Gasteiger partial charge in [0.1, 0.15) is 0 Å². The van der Waals surface area contributed by atoms with Gasteiger partial charge in [0.05, 0.1) is 6.04 Å². The van der Waals surface area contributed by atoms with Crippen LogP contribution in [-0.2, 0) is 21.4 Å². The Kier molecular flexibility index (Phi) is 4.85. The summed E-state index contributed by atoms with van der Waals surface area (Å²) in [4.78, 5) is 26.9. The molecule has 2 aliphatic rings. The molecule has 0 unspecified atom stereocenters. The van der Waals surface area contributed by atoms with Crippen LogP contribution in [-0.4, -0.2) is 16.7 Å². The zero-order valence-corrected chi connectivity index (χ0v) is 16.8. The summed E-state index contributed by atoms with van der Waals surface area (Å²) in [7, 11) is 0. The van der Waals surface area contributed by atoms with Crippen LogP contribution in [0.4, 0.5) is 0 Å². The Balaban J connectivity index is 2.37. The molecule has 0 saturated heterocycles. The summed E-state index contributed by atoms with van der Waals surface area (Å²) in [5.74, 6) is -0.329. The minimum absolute atomic E-state index is 0.00769. The van der Waals surface area contributed by atoms with Crippen LogP contribution in [0.25, 0.3) is 0 Å². The van der Waals surface area contributed by atoms with Gasteiger partial charge in [-0.2, -0.15) is 0 Å². The van der Waals surface area contributed by atoms with Crippen molar-refractivity contribution in [1.82, 2.24) is 4.90 Å². The van der Waals surface area contributed by atoms with E-state index in [2.05, 4.69) is 52.8 Å². The fraction of sp³-hybridized carbons (Fsp3) is 0.565. The highest BCUT2D eigenvalue weighted by atomic mass is 16.2. The lowest BCUT2D eigenvalue weighted by Gasteiger charge is -2.50. The van der Waals surface area contributed by atoms with E-state index < -0.39 is 0 Å². The summed E-state index contributed by atoms with van der Waals surface area (Å²) < 4.78 is 0. The summed E-state index contributed by atoms with van der Waals surface area (Å²) in [6.45, 7) is 11.2. The summed E-state index contributed by atoms with van der Waals surface area (Å²) in [5, 5.41) is 0. The molecule has 0 aromatic heterocycles. The highest BCUT2D eigenvalue weighted by Gasteiger charge is 2.62. The van der Waals surface area contributed by atoms with Gasteiger partial charge in [-0.15, -0.1) is 0 Å². The molecule has 1 aliphatic heterocycles. The van der Waals surface area contributed by atoms with Gasteiger partial charge in [-0.1, -0.05) is 52.8 Å². The fourth-order valence-corrected chi connectivity index (χ4v) is 6.21. The Morgan fingerprint density at radius 3 is 1.92 bits per heavy atom. The van der Waals surface area contributed by atoms with E-state index in [1.165, 1.54) is 28.8 Å². The molecule has 1 atom stereocenters. The Labute approximate surface area is 157 Å². The van der Waals surface area contributed by atoms with Crippen LogP contribution in [0.2, 0.25) is 0 Å². The van der Waals surface area contributed by atoms with E-state index in [1.807, 2.05) is 0 Å². The second kappa shape index (κ2) is 6.68. The molecule has 26 heavy (non-hydrogen) atoms. The SMILES string of the molecule is CCc1cccc2c1C(CC)(CC)C(CC)(CC)[C@@H]2N1C(=O)C=CC1=O. The molecule has 0 fully saturated rings. The van der Waals surface area contributed by atoms with Crippen molar-refractivity contribution in [1.29, 1.82) is 0 Å². The normalized spacial score (nSPS) is 23.0. The topological polar surface area (TPSA) is 37.4 Å². The predicted octanol–water partition coefficient (Wildman–Crippen LogP) is 5.09. The molecule has 0 spiro atoms. The number of imide groups is 1. The van der Waals surface area contributed by atoms with E-state index in [0.717, 1.165) is 32.1 Å². The third-order valence-electron chi connectivity index (χ3n) is 7.38. The van der Waals surface area contributed by atoms with Gasteiger partial charge >= 0.3 is 0 Å². The number of aryl methyl sites for hydroxylation is 1. The summed E-state index contributed by atoms with van der Waals surface area (Å²) in [6.07, 6.45) is 7.78. The zero-order chi connectivity index (χ0) is 19.1. The Morgan fingerprint density at radius 2 is 1.46 bits per heavy atom. The van der Waals surface area contributed by atoms with E-state index >= 15 is 0 Å². The molecule has 1 aromatic rings. The van der Waals surface area contributed by atoms with E-state index in [4.69, 9.17) is 0 Å². The van der Waals surface area contributed by atoms with Crippen LogP contribution in [0.15, 0.2) is 30.4 Å². The van der Waals surface area contributed by atoms with Crippen LogP contribution < -0.4 is 0 Å². The highest BCUT2D eigenvalue weighted by Crippen LogP contribution is 2.67. The number of carbonyl (C=O) groups is 2. The maximum Gasteiger partial charge on any atom is 0.254 e. The van der Waals surface area contributed by atoms with E-state index in [1.54, 1.807) is 4.90 Å². The molecule has 0 radical (unpaired) electrons. The number of nitrogens with zero attached hydrogens (tertiary/aromatic N) is 1. The summed E-state index contributed by atoms with van der Waals surface area (Å²) in [6, 6.07) is 6.31. The molecule has 0 N–H and O–H groups in total. The monoisotopic (exact) mass is 353 g/mol. The minimum Gasteiger partial charge on any atom is -0.269 e. The third kappa shape index (κ3) is 2.12. The van der Waals surface area contributed by atoms with Crippen molar-refractivity contribution >= 4 is 11.8 Å². The molecule has 0 saturated carbocycles. The Bertz CT molecular complexity index is 735. The largest absolute Gasteiger partial charge is 0.269 e. The first-order valence-corrected chi connectivity index (χ1v) is 10.1. The first-order chi connectivity index (χ1) is 12.5. The number of benzene rings is 1. The highest BCUT2D eigenvalue weighted by molar-refractivity contribution is 6.13. The number of amides is 2. The van der Waals surface area contributed by atoms with Crippen LogP contribution in [0.5, 0.6) is 0 Å². The lowest BCUT2D eigenvalue weighted by Crippen LogP contribution is -2.49. The van der Waals surface area contributed by atoms with Crippen molar-refractivity contribution in [3.63, 3.8) is 0 Å². The molecule has 3 nitrogen and oxygen atoms in total. The Morgan fingerprint density at radius 1 is 0.885 bits per heavy atom. The number of carbonyl (C=O) groups excluding carboxylic acids is 2. The summed E-state index contributed by atoms with van der Waals surface area (Å²) in [5.41, 5.74) is 3.84. The molecule has 3 rings (SSSR count). The second-order valence-corrected chi connectivity index (χ2v) is 7.67. The lowest BCUT2D eigenvalue weighted by atomic mass is 9.56. The molecular weight excluding hydrogens is 322 g/mol. The van der Waals surface area contributed by atoms with E-state index in [9.17, 15) is 9.59 Å². The van der Waals surface area contributed by atoms with Crippen molar-refractivity contribution in [2.45, 2.75) is 78.2 Å². The molecule has 3 heteroatoms. The number of fused-ring (bicyclic) bond motifs is 1. The van der Waals surface area contributed by atoms with Crippen LogP contribution in [0, 0.1) is 5.41 Å². The van der Waals surface area contributed by atoms with Gasteiger partial charge in [0.25, 0.3) is 11.8 Å². The average Bonchev–Trinajstić information content (AvgIpc) is 3.12. The van der Waals surface area contributed by atoms with Gasteiger partial charge in [0, 0.05) is 23.0 Å². The maximum absolute atomic E-state index is 12.7. The third-order valence-corrected chi connectivity index (χ3v) is 7.38. The van der Waals surface area contributed by atoms with Gasteiger partial charge in [0.2, 0.25) is 0 Å². The predicted molar refractivity (Wildman–Crippen MR) is 105 cm³/mol. The molecule has 1 aromatic carbocycles. The fourth-order valence-electron chi connectivity index (χ4n) is 6.21. The van der Waals surface area contributed by atoms with Crippen LogP contribution in [0.3, 0.4) is 0 Å². The first kappa shape index (κ1) is 18.9. The molecular formula is C23H31NO2. The molecule has 140 valence electrons.